The first-order chi connectivity index (χ1) is 8.56. The number of carboxylic acids is 1. The highest BCUT2D eigenvalue weighted by Crippen LogP contribution is 2.27. The Bertz CT molecular complexity index is 459. The molecule has 1 heterocycles. The van der Waals surface area contributed by atoms with Crippen molar-refractivity contribution in [1.82, 2.24) is 0 Å². The Hall–Kier alpha value is -0.680. The van der Waals surface area contributed by atoms with Gasteiger partial charge in [0.15, 0.2) is 0 Å². The lowest BCUT2D eigenvalue weighted by Gasteiger charge is -2.08. The predicted molar refractivity (Wildman–Crippen MR) is 74.7 cm³/mol. The molecule has 18 heavy (non-hydrogen) atoms. The molecule has 0 amide bonds. The second-order valence-electron chi connectivity index (χ2n) is 4.90. The Morgan fingerprint density at radius 3 is 2.72 bits per heavy atom. The topological polar surface area (TPSA) is 54.4 Å². The number of hydrogen-bond donors (Lipinski definition) is 1. The molecule has 0 saturated heterocycles. The minimum Gasteiger partial charge on any atom is -0.477 e. The van der Waals surface area contributed by atoms with Crippen molar-refractivity contribution in [3.05, 3.63) is 21.4 Å². The van der Waals surface area contributed by atoms with E-state index in [1.54, 1.807) is 6.07 Å². The van der Waals surface area contributed by atoms with E-state index in [2.05, 4.69) is 0 Å². The molecule has 1 fully saturated rings. The van der Waals surface area contributed by atoms with Crippen molar-refractivity contribution in [2.45, 2.75) is 38.4 Å². The fourth-order valence-corrected chi connectivity index (χ4v) is 5.04. The maximum Gasteiger partial charge on any atom is 0.345 e. The quantitative estimate of drug-likeness (QED) is 0.904. The lowest BCUT2D eigenvalue weighted by atomic mass is 10.1. The van der Waals surface area contributed by atoms with Gasteiger partial charge in [-0.15, -0.1) is 11.3 Å². The largest absolute Gasteiger partial charge is 0.477 e. The zero-order valence-corrected chi connectivity index (χ0v) is 12.1. The summed E-state index contributed by atoms with van der Waals surface area (Å²) in [5, 5.41) is 8.92. The average Bonchev–Trinajstić information content (AvgIpc) is 2.89. The third kappa shape index (κ3) is 3.42. The number of aryl methyl sites for hydroxylation is 1. The molecule has 1 aromatic heterocycles. The highest BCUT2D eigenvalue weighted by Gasteiger charge is 2.19. The molecular formula is C13H18O3S2. The summed E-state index contributed by atoms with van der Waals surface area (Å²) < 4.78 is 12.1. The number of thiophene rings is 1. The van der Waals surface area contributed by atoms with Gasteiger partial charge in [-0.3, -0.25) is 4.21 Å². The van der Waals surface area contributed by atoms with Crippen molar-refractivity contribution in [3.8, 4) is 0 Å². The molecule has 100 valence electrons. The molecule has 0 spiro atoms. The molecule has 1 atom stereocenters. The first kappa shape index (κ1) is 13.7. The van der Waals surface area contributed by atoms with Crippen LogP contribution in [-0.2, 0) is 16.6 Å². The molecule has 1 N–H and O–H groups in total. The van der Waals surface area contributed by atoms with Crippen LogP contribution in [0.25, 0.3) is 0 Å². The Labute approximate surface area is 114 Å². The molecule has 1 aliphatic rings. The fourth-order valence-electron chi connectivity index (χ4n) is 2.44. The molecule has 0 bridgehead atoms. The molecule has 5 heteroatoms. The van der Waals surface area contributed by atoms with E-state index in [4.69, 9.17) is 5.11 Å². The number of rotatable bonds is 5. The first-order valence-corrected chi connectivity index (χ1v) is 8.54. The lowest BCUT2D eigenvalue weighted by molar-refractivity contribution is 0.0702. The molecule has 2 rings (SSSR count). The normalized spacial score (nSPS) is 18.1. The van der Waals surface area contributed by atoms with Gasteiger partial charge >= 0.3 is 5.97 Å². The summed E-state index contributed by atoms with van der Waals surface area (Å²) in [5.74, 6) is 1.00. The van der Waals surface area contributed by atoms with E-state index in [0.29, 0.717) is 16.5 Å². The second kappa shape index (κ2) is 5.97. The molecule has 1 saturated carbocycles. The molecule has 3 nitrogen and oxygen atoms in total. The van der Waals surface area contributed by atoms with Crippen molar-refractivity contribution in [2.75, 3.05) is 5.75 Å². The van der Waals surface area contributed by atoms with E-state index < -0.39 is 16.8 Å². The Morgan fingerprint density at radius 2 is 2.17 bits per heavy atom. The van der Waals surface area contributed by atoms with Gasteiger partial charge in [-0.25, -0.2) is 4.79 Å². The number of carbonyl (C=O) groups is 1. The SMILES string of the molecule is Cc1sc(C(=O)O)cc1CS(=O)CC1CCCC1. The predicted octanol–water partition coefficient (Wildman–Crippen LogP) is 3.19. The van der Waals surface area contributed by atoms with Crippen molar-refractivity contribution in [3.63, 3.8) is 0 Å². The zero-order valence-electron chi connectivity index (χ0n) is 10.5. The van der Waals surface area contributed by atoms with E-state index >= 15 is 0 Å². The fraction of sp³-hybridized carbons (Fsp3) is 0.615. The van der Waals surface area contributed by atoms with Gasteiger partial charge in [0, 0.05) is 27.2 Å². The summed E-state index contributed by atoms with van der Waals surface area (Å²) in [5.41, 5.74) is 0.939. The number of aromatic carboxylic acids is 1. The van der Waals surface area contributed by atoms with Crippen LogP contribution in [0.3, 0.4) is 0 Å². The van der Waals surface area contributed by atoms with E-state index in [0.717, 1.165) is 16.2 Å². The van der Waals surface area contributed by atoms with Crippen LogP contribution in [0.5, 0.6) is 0 Å². The second-order valence-corrected chi connectivity index (χ2v) is 7.66. The summed E-state index contributed by atoms with van der Waals surface area (Å²) in [6.07, 6.45) is 4.94. The Morgan fingerprint density at radius 1 is 1.50 bits per heavy atom. The van der Waals surface area contributed by atoms with Crippen LogP contribution in [0.2, 0.25) is 0 Å². The highest BCUT2D eigenvalue weighted by atomic mass is 32.2. The van der Waals surface area contributed by atoms with Crippen molar-refractivity contribution < 1.29 is 14.1 Å². The van der Waals surface area contributed by atoms with Crippen LogP contribution in [0.1, 0.15) is 45.8 Å². The van der Waals surface area contributed by atoms with Gasteiger partial charge in [0.05, 0.1) is 0 Å². The van der Waals surface area contributed by atoms with Gasteiger partial charge in [-0.05, 0) is 37.3 Å². The first-order valence-electron chi connectivity index (χ1n) is 6.24. The monoisotopic (exact) mass is 286 g/mol. The highest BCUT2D eigenvalue weighted by molar-refractivity contribution is 7.84. The smallest absolute Gasteiger partial charge is 0.345 e. The zero-order chi connectivity index (χ0) is 13.1. The summed E-state index contributed by atoms with van der Waals surface area (Å²) in [4.78, 5) is 12.2. The minimum absolute atomic E-state index is 0.348. The molecule has 1 unspecified atom stereocenters. The maximum atomic E-state index is 12.1. The van der Waals surface area contributed by atoms with E-state index in [1.807, 2.05) is 6.92 Å². The average molecular weight is 286 g/mol. The molecule has 1 aromatic rings. The maximum absolute atomic E-state index is 12.1. The van der Waals surface area contributed by atoms with Crippen LogP contribution in [-0.4, -0.2) is 21.0 Å². The third-order valence-electron chi connectivity index (χ3n) is 3.44. The van der Waals surface area contributed by atoms with Gasteiger partial charge < -0.3 is 5.11 Å². The number of hydrogen-bond acceptors (Lipinski definition) is 3. The van der Waals surface area contributed by atoms with Crippen LogP contribution in [0.4, 0.5) is 0 Å². The number of carboxylic acid groups (broad SMARTS) is 1. The van der Waals surface area contributed by atoms with Gasteiger partial charge in [0.2, 0.25) is 0 Å². The third-order valence-corrected chi connectivity index (χ3v) is 6.00. The molecule has 1 aliphatic carbocycles. The van der Waals surface area contributed by atoms with Crippen molar-refractivity contribution in [2.24, 2.45) is 5.92 Å². The van der Waals surface area contributed by atoms with Crippen LogP contribution in [0.15, 0.2) is 6.07 Å². The summed E-state index contributed by atoms with van der Waals surface area (Å²) >= 11 is 1.27. The van der Waals surface area contributed by atoms with Gasteiger partial charge in [0.25, 0.3) is 0 Å². The molecular weight excluding hydrogens is 268 g/mol. The van der Waals surface area contributed by atoms with E-state index in [1.165, 1.54) is 37.0 Å². The van der Waals surface area contributed by atoms with Crippen LogP contribution in [0, 0.1) is 12.8 Å². The molecule has 0 aromatic carbocycles. The van der Waals surface area contributed by atoms with E-state index in [9.17, 15) is 9.00 Å². The van der Waals surface area contributed by atoms with E-state index in [-0.39, 0.29) is 0 Å². The summed E-state index contributed by atoms with van der Waals surface area (Å²) in [7, 11) is -0.857. The van der Waals surface area contributed by atoms with Gasteiger partial charge in [-0.1, -0.05) is 12.8 Å². The molecule has 0 aliphatic heterocycles. The molecule has 0 radical (unpaired) electrons. The Kier molecular flexibility index (Phi) is 4.56. The van der Waals surface area contributed by atoms with Crippen molar-refractivity contribution >= 4 is 28.1 Å². The van der Waals surface area contributed by atoms with Crippen molar-refractivity contribution in [1.29, 1.82) is 0 Å². The lowest BCUT2D eigenvalue weighted by Crippen LogP contribution is -2.09. The standard InChI is InChI=1S/C13H18O3S2/c1-9-11(6-12(17-9)13(14)15)8-18(16)7-10-4-2-3-5-10/h6,10H,2-5,7-8H2,1H3,(H,14,15). The summed E-state index contributed by atoms with van der Waals surface area (Å²) in [6.45, 7) is 1.90. The van der Waals surface area contributed by atoms with Gasteiger partial charge in [0.1, 0.15) is 4.88 Å². The van der Waals surface area contributed by atoms with Gasteiger partial charge in [-0.2, -0.15) is 0 Å². The van der Waals surface area contributed by atoms with Crippen LogP contribution < -0.4 is 0 Å². The minimum atomic E-state index is -0.893. The summed E-state index contributed by atoms with van der Waals surface area (Å²) in [6, 6.07) is 1.68. The van der Waals surface area contributed by atoms with Crippen LogP contribution >= 0.6 is 11.3 Å². The Balaban J connectivity index is 1.95.